The Balaban J connectivity index is 2.14. The zero-order chi connectivity index (χ0) is 15.2. The van der Waals surface area contributed by atoms with Crippen LogP contribution in [0.4, 0.5) is 10.1 Å². The summed E-state index contributed by atoms with van der Waals surface area (Å²) >= 11 is 0. The molecule has 1 N–H and O–H groups in total. The third-order valence-electron chi connectivity index (χ3n) is 3.05. The molecule has 0 aliphatic carbocycles. The number of aliphatic carboxylic acids is 1. The first-order chi connectivity index (χ1) is 10.1. The first kappa shape index (κ1) is 14.8. The molecule has 0 aliphatic rings. The molecular weight excluding hydrogens is 269 g/mol. The summed E-state index contributed by atoms with van der Waals surface area (Å²) in [7, 11) is 1.82. The van der Waals surface area contributed by atoms with Crippen LogP contribution in [-0.4, -0.2) is 18.1 Å². The molecule has 0 saturated heterocycles. The van der Waals surface area contributed by atoms with Gasteiger partial charge in [-0.1, -0.05) is 30.3 Å². The lowest BCUT2D eigenvalue weighted by molar-refractivity contribution is -0.131. The van der Waals surface area contributed by atoms with E-state index >= 15 is 0 Å². The lowest BCUT2D eigenvalue weighted by atomic mass is 10.1. The molecular formula is C17H16FNO2. The van der Waals surface area contributed by atoms with Gasteiger partial charge in [-0.2, -0.15) is 0 Å². The topological polar surface area (TPSA) is 40.5 Å². The highest BCUT2D eigenvalue weighted by atomic mass is 19.1. The SMILES string of the molecule is CN(Cc1cccc(C=CC(=O)O)c1)c1ccccc1F. The van der Waals surface area contributed by atoms with Crippen molar-refractivity contribution in [2.24, 2.45) is 0 Å². The molecule has 0 fully saturated rings. The molecule has 0 radical (unpaired) electrons. The predicted octanol–water partition coefficient (Wildman–Crippen LogP) is 3.56. The van der Waals surface area contributed by atoms with E-state index in [1.54, 1.807) is 18.2 Å². The average Bonchev–Trinajstić information content (AvgIpc) is 2.46. The van der Waals surface area contributed by atoms with Gasteiger partial charge in [0.25, 0.3) is 0 Å². The van der Waals surface area contributed by atoms with Crippen molar-refractivity contribution < 1.29 is 14.3 Å². The van der Waals surface area contributed by atoms with Gasteiger partial charge in [-0.3, -0.25) is 0 Å². The summed E-state index contributed by atoms with van der Waals surface area (Å²) in [4.78, 5) is 12.3. The van der Waals surface area contributed by atoms with E-state index in [-0.39, 0.29) is 5.82 Å². The Kier molecular flexibility index (Phi) is 4.72. The number of carbonyl (C=O) groups is 1. The van der Waals surface area contributed by atoms with Crippen molar-refractivity contribution >= 4 is 17.7 Å². The van der Waals surface area contributed by atoms with Gasteiger partial charge < -0.3 is 10.0 Å². The Bertz CT molecular complexity index is 667. The summed E-state index contributed by atoms with van der Waals surface area (Å²) in [6.07, 6.45) is 2.63. The predicted molar refractivity (Wildman–Crippen MR) is 81.6 cm³/mol. The van der Waals surface area contributed by atoms with Gasteiger partial charge >= 0.3 is 5.97 Å². The number of halogens is 1. The number of nitrogens with zero attached hydrogens (tertiary/aromatic N) is 1. The Morgan fingerprint density at radius 3 is 2.71 bits per heavy atom. The van der Waals surface area contributed by atoms with E-state index in [0.29, 0.717) is 12.2 Å². The molecule has 0 amide bonds. The standard InChI is InChI=1S/C17H16FNO2/c1-19(16-8-3-2-7-15(16)18)12-14-6-4-5-13(11-14)9-10-17(20)21/h2-11H,12H2,1H3,(H,20,21). The fourth-order valence-electron chi connectivity index (χ4n) is 2.08. The number of hydrogen-bond donors (Lipinski definition) is 1. The Hall–Kier alpha value is -2.62. The highest BCUT2D eigenvalue weighted by Gasteiger charge is 2.07. The number of rotatable bonds is 5. The smallest absolute Gasteiger partial charge is 0.328 e. The van der Waals surface area contributed by atoms with Crippen LogP contribution in [0.1, 0.15) is 11.1 Å². The van der Waals surface area contributed by atoms with E-state index in [9.17, 15) is 9.18 Å². The largest absolute Gasteiger partial charge is 0.478 e. The Morgan fingerprint density at radius 1 is 1.24 bits per heavy atom. The fraction of sp³-hybridized carbons (Fsp3) is 0.118. The van der Waals surface area contributed by atoms with Gasteiger partial charge in [0.1, 0.15) is 5.82 Å². The van der Waals surface area contributed by atoms with Crippen LogP contribution in [0.5, 0.6) is 0 Å². The lowest BCUT2D eigenvalue weighted by Crippen LogP contribution is -2.17. The van der Waals surface area contributed by atoms with Crippen LogP contribution in [-0.2, 0) is 11.3 Å². The van der Waals surface area contributed by atoms with Crippen molar-refractivity contribution in [1.29, 1.82) is 0 Å². The highest BCUT2D eigenvalue weighted by molar-refractivity contribution is 5.85. The summed E-state index contributed by atoms with van der Waals surface area (Å²) in [5.41, 5.74) is 2.31. The molecule has 21 heavy (non-hydrogen) atoms. The second kappa shape index (κ2) is 6.70. The first-order valence-corrected chi connectivity index (χ1v) is 6.52. The van der Waals surface area contributed by atoms with E-state index < -0.39 is 5.97 Å². The molecule has 4 heteroatoms. The third kappa shape index (κ3) is 4.18. The van der Waals surface area contributed by atoms with Crippen LogP contribution in [0.2, 0.25) is 0 Å². The average molecular weight is 285 g/mol. The van der Waals surface area contributed by atoms with Crippen LogP contribution < -0.4 is 4.90 Å². The summed E-state index contributed by atoms with van der Waals surface area (Å²) in [5.74, 6) is -1.24. The van der Waals surface area contributed by atoms with Gasteiger partial charge in [0.05, 0.1) is 5.69 Å². The summed E-state index contributed by atoms with van der Waals surface area (Å²) in [5, 5.41) is 8.63. The lowest BCUT2D eigenvalue weighted by Gasteiger charge is -2.20. The minimum Gasteiger partial charge on any atom is -0.478 e. The number of carboxylic acids is 1. The van der Waals surface area contributed by atoms with Gasteiger partial charge in [0.15, 0.2) is 0 Å². The van der Waals surface area contributed by atoms with Gasteiger partial charge in [-0.05, 0) is 35.4 Å². The van der Waals surface area contributed by atoms with Crippen molar-refractivity contribution in [1.82, 2.24) is 0 Å². The van der Waals surface area contributed by atoms with Crippen LogP contribution in [0.15, 0.2) is 54.6 Å². The van der Waals surface area contributed by atoms with Crippen LogP contribution in [0, 0.1) is 5.82 Å². The number of benzene rings is 2. The zero-order valence-corrected chi connectivity index (χ0v) is 11.7. The molecule has 3 nitrogen and oxygen atoms in total. The number of para-hydroxylation sites is 1. The quantitative estimate of drug-likeness (QED) is 0.854. The van der Waals surface area contributed by atoms with Gasteiger partial charge in [-0.15, -0.1) is 0 Å². The monoisotopic (exact) mass is 285 g/mol. The van der Waals surface area contributed by atoms with Crippen molar-refractivity contribution in [2.75, 3.05) is 11.9 Å². The summed E-state index contributed by atoms with van der Waals surface area (Å²) < 4.78 is 13.7. The molecule has 2 rings (SSSR count). The zero-order valence-electron chi connectivity index (χ0n) is 11.7. The maximum absolute atomic E-state index is 13.7. The van der Waals surface area contributed by atoms with Crippen molar-refractivity contribution in [3.05, 3.63) is 71.6 Å². The number of hydrogen-bond acceptors (Lipinski definition) is 2. The fourth-order valence-corrected chi connectivity index (χ4v) is 2.08. The molecule has 0 spiro atoms. The molecule has 0 aliphatic heterocycles. The van der Waals surface area contributed by atoms with E-state index in [1.165, 1.54) is 12.1 Å². The third-order valence-corrected chi connectivity index (χ3v) is 3.05. The molecule has 0 saturated carbocycles. The van der Waals surface area contributed by atoms with Crippen LogP contribution >= 0.6 is 0 Å². The van der Waals surface area contributed by atoms with Crippen molar-refractivity contribution in [2.45, 2.75) is 6.54 Å². The molecule has 0 atom stereocenters. The molecule has 108 valence electrons. The molecule has 0 aromatic heterocycles. The van der Waals surface area contributed by atoms with Crippen molar-refractivity contribution in [3.63, 3.8) is 0 Å². The highest BCUT2D eigenvalue weighted by Crippen LogP contribution is 2.19. The van der Waals surface area contributed by atoms with Gasteiger partial charge in [0, 0.05) is 19.7 Å². The minimum absolute atomic E-state index is 0.262. The van der Waals surface area contributed by atoms with Crippen LogP contribution in [0.25, 0.3) is 6.08 Å². The van der Waals surface area contributed by atoms with E-state index in [2.05, 4.69) is 0 Å². The van der Waals surface area contributed by atoms with Gasteiger partial charge in [0.2, 0.25) is 0 Å². The van der Waals surface area contributed by atoms with E-state index in [1.807, 2.05) is 36.2 Å². The first-order valence-electron chi connectivity index (χ1n) is 6.52. The molecule has 2 aromatic carbocycles. The molecule has 0 bridgehead atoms. The maximum atomic E-state index is 13.7. The van der Waals surface area contributed by atoms with Gasteiger partial charge in [-0.25, -0.2) is 9.18 Å². The van der Waals surface area contributed by atoms with Crippen LogP contribution in [0.3, 0.4) is 0 Å². The second-order valence-electron chi connectivity index (χ2n) is 4.72. The van der Waals surface area contributed by atoms with E-state index in [0.717, 1.165) is 17.2 Å². The number of anilines is 1. The minimum atomic E-state index is -0.983. The maximum Gasteiger partial charge on any atom is 0.328 e. The Labute approximate surface area is 123 Å². The second-order valence-corrected chi connectivity index (χ2v) is 4.72. The molecule has 0 unspecified atom stereocenters. The summed E-state index contributed by atoms with van der Waals surface area (Å²) in [6, 6.07) is 14.1. The Morgan fingerprint density at radius 2 is 2.00 bits per heavy atom. The molecule has 0 heterocycles. The summed E-state index contributed by atoms with van der Waals surface area (Å²) in [6.45, 7) is 0.537. The van der Waals surface area contributed by atoms with Crippen molar-refractivity contribution in [3.8, 4) is 0 Å². The molecule has 2 aromatic rings. The van der Waals surface area contributed by atoms with E-state index in [4.69, 9.17) is 5.11 Å². The number of carboxylic acid groups (broad SMARTS) is 1. The normalized spacial score (nSPS) is 10.8.